The maximum absolute atomic E-state index is 13.0. The van der Waals surface area contributed by atoms with Gasteiger partial charge in [-0.15, -0.1) is 0 Å². The van der Waals surface area contributed by atoms with Crippen LogP contribution in [0, 0.1) is 23.2 Å². The van der Waals surface area contributed by atoms with Crippen LogP contribution in [0.1, 0.15) is 64.2 Å². The van der Waals surface area contributed by atoms with Crippen molar-refractivity contribution >= 4 is 5.91 Å². The molecule has 1 amide bonds. The zero-order valence-electron chi connectivity index (χ0n) is 13.4. The van der Waals surface area contributed by atoms with E-state index < -0.39 is 0 Å². The molecule has 0 radical (unpaired) electrons. The molecule has 0 aromatic carbocycles. The monoisotopic (exact) mass is 290 g/mol. The second-order valence-corrected chi connectivity index (χ2v) is 8.51. The molecule has 0 aromatic rings. The van der Waals surface area contributed by atoms with Crippen molar-refractivity contribution in [3.05, 3.63) is 0 Å². The minimum Gasteiger partial charge on any atom is -0.353 e. The number of hydrogen-bond acceptors (Lipinski definition) is 2. The summed E-state index contributed by atoms with van der Waals surface area (Å²) in [5.74, 6) is 3.01. The zero-order valence-corrected chi connectivity index (χ0v) is 13.4. The highest BCUT2D eigenvalue weighted by Gasteiger charge is 2.54. The molecule has 0 atom stereocenters. The molecule has 5 fully saturated rings. The molecule has 0 heterocycles. The summed E-state index contributed by atoms with van der Waals surface area (Å²) >= 11 is 0. The normalized spacial score (nSPS) is 48.3. The summed E-state index contributed by atoms with van der Waals surface area (Å²) in [5, 5.41) is 6.83. The van der Waals surface area contributed by atoms with Gasteiger partial charge in [-0.3, -0.25) is 4.79 Å². The van der Waals surface area contributed by atoms with Crippen LogP contribution in [0.15, 0.2) is 0 Å². The van der Waals surface area contributed by atoms with Crippen molar-refractivity contribution in [3.8, 4) is 0 Å². The van der Waals surface area contributed by atoms with E-state index in [1.807, 2.05) is 0 Å². The van der Waals surface area contributed by atoms with Gasteiger partial charge in [-0.1, -0.05) is 0 Å². The second-order valence-electron chi connectivity index (χ2n) is 8.51. The van der Waals surface area contributed by atoms with Crippen molar-refractivity contribution in [1.82, 2.24) is 10.6 Å². The van der Waals surface area contributed by atoms with Gasteiger partial charge < -0.3 is 10.6 Å². The molecule has 21 heavy (non-hydrogen) atoms. The second kappa shape index (κ2) is 5.26. The van der Waals surface area contributed by atoms with Crippen LogP contribution in [0.25, 0.3) is 0 Å². The first-order valence-corrected chi connectivity index (χ1v) is 9.15. The topological polar surface area (TPSA) is 41.1 Å². The van der Waals surface area contributed by atoms with Gasteiger partial charge in [0.15, 0.2) is 0 Å². The van der Waals surface area contributed by atoms with Gasteiger partial charge >= 0.3 is 0 Å². The van der Waals surface area contributed by atoms with Crippen LogP contribution in [0.5, 0.6) is 0 Å². The Kier molecular flexibility index (Phi) is 3.52. The van der Waals surface area contributed by atoms with Crippen molar-refractivity contribution in [2.45, 2.75) is 76.3 Å². The quantitative estimate of drug-likeness (QED) is 0.839. The summed E-state index contributed by atoms with van der Waals surface area (Å²) < 4.78 is 0. The van der Waals surface area contributed by atoms with Crippen LogP contribution >= 0.6 is 0 Å². The molecule has 5 aliphatic carbocycles. The van der Waals surface area contributed by atoms with Gasteiger partial charge in [0, 0.05) is 17.5 Å². The SMILES string of the molecule is CNC1CCC(NC(=O)C23CC4CC(CC(C4)C2)C3)CC1. The van der Waals surface area contributed by atoms with E-state index in [9.17, 15) is 4.79 Å². The van der Waals surface area contributed by atoms with Crippen LogP contribution in [-0.4, -0.2) is 25.0 Å². The van der Waals surface area contributed by atoms with E-state index in [-0.39, 0.29) is 5.41 Å². The molecule has 118 valence electrons. The lowest BCUT2D eigenvalue weighted by molar-refractivity contribution is -0.147. The van der Waals surface area contributed by atoms with Crippen LogP contribution < -0.4 is 10.6 Å². The first kappa shape index (κ1) is 14.0. The number of amides is 1. The Balaban J connectivity index is 1.39. The molecule has 0 spiro atoms. The Labute approximate surface area is 128 Å². The fourth-order valence-corrected chi connectivity index (χ4v) is 6.25. The highest BCUT2D eigenvalue weighted by molar-refractivity contribution is 5.83. The third kappa shape index (κ3) is 2.52. The Hall–Kier alpha value is -0.570. The molecule has 5 saturated carbocycles. The molecule has 4 bridgehead atoms. The predicted octanol–water partition coefficient (Wildman–Crippen LogP) is 2.85. The molecule has 3 nitrogen and oxygen atoms in total. The Bertz CT molecular complexity index is 376. The van der Waals surface area contributed by atoms with E-state index in [1.165, 1.54) is 51.4 Å². The molecule has 0 unspecified atom stereocenters. The lowest BCUT2D eigenvalue weighted by Crippen LogP contribution is -2.55. The largest absolute Gasteiger partial charge is 0.353 e. The van der Waals surface area contributed by atoms with Crippen LogP contribution in [0.3, 0.4) is 0 Å². The van der Waals surface area contributed by atoms with Crippen molar-refractivity contribution < 1.29 is 4.79 Å². The molecule has 5 rings (SSSR count). The Morgan fingerprint density at radius 3 is 1.81 bits per heavy atom. The van der Waals surface area contributed by atoms with Gasteiger partial charge in [-0.25, -0.2) is 0 Å². The third-order valence-corrected chi connectivity index (χ3v) is 6.99. The molecule has 2 N–H and O–H groups in total. The predicted molar refractivity (Wildman–Crippen MR) is 83.9 cm³/mol. The van der Waals surface area contributed by atoms with E-state index in [4.69, 9.17) is 0 Å². The van der Waals surface area contributed by atoms with Gasteiger partial charge in [-0.2, -0.15) is 0 Å². The number of carbonyl (C=O) groups is 1. The number of nitrogens with one attached hydrogen (secondary N) is 2. The smallest absolute Gasteiger partial charge is 0.226 e. The maximum atomic E-state index is 13.0. The summed E-state index contributed by atoms with van der Waals surface area (Å²) in [6.45, 7) is 0. The number of carbonyl (C=O) groups excluding carboxylic acids is 1. The summed E-state index contributed by atoms with van der Waals surface area (Å²) in [6.07, 6.45) is 12.6. The van der Waals surface area contributed by atoms with Crippen LogP contribution in [-0.2, 0) is 4.79 Å². The molecule has 5 aliphatic rings. The van der Waals surface area contributed by atoms with E-state index >= 15 is 0 Å². The van der Waals surface area contributed by atoms with Crippen molar-refractivity contribution in [3.63, 3.8) is 0 Å². The van der Waals surface area contributed by atoms with E-state index in [0.717, 1.165) is 30.6 Å². The molecule has 0 saturated heterocycles. The molecular weight excluding hydrogens is 260 g/mol. The summed E-state index contributed by atoms with van der Waals surface area (Å²) in [7, 11) is 2.05. The zero-order chi connectivity index (χ0) is 14.4. The average molecular weight is 290 g/mol. The lowest BCUT2D eigenvalue weighted by atomic mass is 9.49. The van der Waals surface area contributed by atoms with Gasteiger partial charge in [0.25, 0.3) is 0 Å². The van der Waals surface area contributed by atoms with E-state index in [1.54, 1.807) is 0 Å². The van der Waals surface area contributed by atoms with Crippen LogP contribution in [0.4, 0.5) is 0 Å². The number of rotatable bonds is 3. The fraction of sp³-hybridized carbons (Fsp3) is 0.944. The highest BCUT2D eigenvalue weighted by atomic mass is 16.2. The summed E-state index contributed by atoms with van der Waals surface area (Å²) in [6, 6.07) is 1.10. The fourth-order valence-electron chi connectivity index (χ4n) is 6.25. The van der Waals surface area contributed by atoms with Crippen molar-refractivity contribution in [1.29, 1.82) is 0 Å². The van der Waals surface area contributed by atoms with E-state index in [2.05, 4.69) is 17.7 Å². The lowest BCUT2D eigenvalue weighted by Gasteiger charge is -2.56. The molecule has 3 heteroatoms. The number of hydrogen-bond donors (Lipinski definition) is 2. The minimum absolute atomic E-state index is 0.0363. The third-order valence-electron chi connectivity index (χ3n) is 6.99. The first-order chi connectivity index (χ1) is 10.2. The van der Waals surface area contributed by atoms with Crippen LogP contribution in [0.2, 0.25) is 0 Å². The molecular formula is C18H30N2O. The maximum Gasteiger partial charge on any atom is 0.226 e. The Morgan fingerprint density at radius 2 is 1.33 bits per heavy atom. The van der Waals surface area contributed by atoms with Gasteiger partial charge in [0.05, 0.1) is 0 Å². The van der Waals surface area contributed by atoms with Gasteiger partial charge in [-0.05, 0) is 89.0 Å². The summed E-state index contributed by atoms with van der Waals surface area (Å²) in [4.78, 5) is 13.0. The van der Waals surface area contributed by atoms with Gasteiger partial charge in [0.2, 0.25) is 5.91 Å². The van der Waals surface area contributed by atoms with Crippen molar-refractivity contribution in [2.24, 2.45) is 23.2 Å². The standard InChI is InChI=1S/C18H30N2O/c1-19-15-2-4-16(5-3-15)20-17(21)18-9-12-6-13(10-18)8-14(7-12)11-18/h12-16,19H,2-11H2,1H3,(H,20,21). The van der Waals surface area contributed by atoms with Crippen molar-refractivity contribution in [2.75, 3.05) is 7.05 Å². The highest BCUT2D eigenvalue weighted by Crippen LogP contribution is 2.60. The first-order valence-electron chi connectivity index (χ1n) is 9.15. The summed E-state index contributed by atoms with van der Waals surface area (Å²) in [5.41, 5.74) is 0.0363. The average Bonchev–Trinajstić information content (AvgIpc) is 2.46. The minimum atomic E-state index is 0.0363. The Morgan fingerprint density at radius 1 is 0.857 bits per heavy atom. The molecule has 0 aliphatic heterocycles. The molecule has 0 aromatic heterocycles. The van der Waals surface area contributed by atoms with Gasteiger partial charge in [0.1, 0.15) is 0 Å². The van der Waals surface area contributed by atoms with E-state index in [0.29, 0.717) is 18.0 Å².